The summed E-state index contributed by atoms with van der Waals surface area (Å²) in [6.07, 6.45) is 1.39. The van der Waals surface area contributed by atoms with Gasteiger partial charge in [-0.2, -0.15) is 4.98 Å². The number of amides is 2. The Hall–Kier alpha value is -3.91. The van der Waals surface area contributed by atoms with Crippen LogP contribution in [0, 0.1) is 6.92 Å². The molecule has 5 N–H and O–H groups in total. The van der Waals surface area contributed by atoms with Gasteiger partial charge in [-0.25, -0.2) is 4.98 Å². The van der Waals surface area contributed by atoms with Crippen LogP contribution in [0.3, 0.4) is 0 Å². The van der Waals surface area contributed by atoms with Crippen molar-refractivity contribution in [1.29, 1.82) is 0 Å². The predicted molar refractivity (Wildman–Crippen MR) is 117 cm³/mol. The van der Waals surface area contributed by atoms with Crippen molar-refractivity contribution < 1.29 is 9.59 Å². The molecule has 0 atom stereocenters. The number of para-hydroxylation sites is 1. The van der Waals surface area contributed by atoms with Gasteiger partial charge in [-0.15, -0.1) is 0 Å². The maximum atomic E-state index is 11.9. The molecular formula is C21H19ClN6O2. The van der Waals surface area contributed by atoms with E-state index in [1.54, 1.807) is 42.5 Å². The van der Waals surface area contributed by atoms with Crippen molar-refractivity contribution in [2.24, 2.45) is 11.5 Å². The van der Waals surface area contributed by atoms with Crippen molar-refractivity contribution in [3.8, 4) is 0 Å². The molecule has 2 amide bonds. The molecule has 0 aliphatic rings. The third-order valence-corrected chi connectivity index (χ3v) is 4.54. The highest BCUT2D eigenvalue weighted by Gasteiger charge is 2.22. The monoisotopic (exact) mass is 422 g/mol. The smallest absolute Gasteiger partial charge is 0.265 e. The zero-order valence-corrected chi connectivity index (χ0v) is 16.8. The zero-order valence-electron chi connectivity index (χ0n) is 16.1. The highest BCUT2D eigenvalue weighted by molar-refractivity contribution is 6.33. The lowest BCUT2D eigenvalue weighted by molar-refractivity contribution is -0.114. The zero-order chi connectivity index (χ0) is 21.8. The lowest BCUT2D eigenvalue weighted by Crippen LogP contribution is -2.28. The van der Waals surface area contributed by atoms with Gasteiger partial charge in [0.25, 0.3) is 5.91 Å². The fraction of sp³-hybridized carbons (Fsp3) is 0.0476. The Morgan fingerprint density at radius 3 is 2.47 bits per heavy atom. The highest BCUT2D eigenvalue weighted by Crippen LogP contribution is 2.34. The van der Waals surface area contributed by atoms with Crippen LogP contribution in [0.2, 0.25) is 5.02 Å². The topological polar surface area (TPSA) is 127 Å². The van der Waals surface area contributed by atoms with Crippen molar-refractivity contribution in [2.75, 3.05) is 10.2 Å². The van der Waals surface area contributed by atoms with Crippen molar-refractivity contribution in [2.45, 2.75) is 6.92 Å². The number of carbonyl (C=O) groups excluding carboxylic acids is 2. The fourth-order valence-corrected chi connectivity index (χ4v) is 2.87. The van der Waals surface area contributed by atoms with Crippen LogP contribution in [-0.2, 0) is 4.79 Å². The van der Waals surface area contributed by atoms with E-state index in [-0.39, 0.29) is 22.5 Å². The van der Waals surface area contributed by atoms with Crippen LogP contribution < -0.4 is 21.7 Å². The molecule has 1 aromatic heterocycles. The second-order valence-electron chi connectivity index (χ2n) is 6.37. The molecule has 1 heterocycles. The number of hydrogen-bond donors (Lipinski definition) is 3. The number of nitrogens with one attached hydrogen (secondary N) is 1. The lowest BCUT2D eigenvalue weighted by Gasteiger charge is -2.25. The number of anilines is 4. The van der Waals surface area contributed by atoms with E-state index in [1.807, 2.05) is 13.0 Å². The number of benzene rings is 2. The number of aryl methyl sites for hydroxylation is 1. The first-order valence-corrected chi connectivity index (χ1v) is 9.19. The van der Waals surface area contributed by atoms with Crippen LogP contribution in [0.5, 0.6) is 0 Å². The predicted octanol–water partition coefficient (Wildman–Crippen LogP) is 3.42. The third kappa shape index (κ3) is 4.39. The molecule has 0 radical (unpaired) electrons. The van der Waals surface area contributed by atoms with Crippen molar-refractivity contribution in [3.05, 3.63) is 83.2 Å². The van der Waals surface area contributed by atoms with Crippen LogP contribution >= 0.6 is 11.6 Å². The van der Waals surface area contributed by atoms with Gasteiger partial charge in [0, 0.05) is 16.9 Å². The maximum Gasteiger partial charge on any atom is 0.265 e. The average molecular weight is 423 g/mol. The summed E-state index contributed by atoms with van der Waals surface area (Å²) < 4.78 is 0. The summed E-state index contributed by atoms with van der Waals surface area (Å²) in [5.74, 6) is -0.873. The highest BCUT2D eigenvalue weighted by atomic mass is 35.5. The summed E-state index contributed by atoms with van der Waals surface area (Å²) in [6, 6.07) is 13.9. The van der Waals surface area contributed by atoms with E-state index in [0.29, 0.717) is 16.9 Å². The molecule has 152 valence electrons. The fourth-order valence-electron chi connectivity index (χ4n) is 2.70. The molecule has 0 fully saturated rings. The summed E-state index contributed by atoms with van der Waals surface area (Å²) in [5.41, 5.74) is 13.2. The SMILES string of the molecule is C=C(C(N)=O)N(c1ccccc1)c1nc(Nc2cc(C(N)=O)ccc2C)ncc1Cl. The standard InChI is InChI=1S/C21H19ClN6O2/c1-12-8-9-14(19(24)30)10-17(12)26-21-25-11-16(22)20(27-21)28(13(2)18(23)29)15-6-4-3-5-7-15/h3-11H,2H2,1H3,(H2,23,29)(H2,24,30)(H,25,26,27). The van der Waals surface area contributed by atoms with Gasteiger partial charge in [0.15, 0.2) is 5.82 Å². The summed E-state index contributed by atoms with van der Waals surface area (Å²) in [5, 5.41) is 3.24. The van der Waals surface area contributed by atoms with Crippen LogP contribution in [0.1, 0.15) is 15.9 Å². The second kappa shape index (κ2) is 8.62. The van der Waals surface area contributed by atoms with Crippen molar-refractivity contribution >= 4 is 46.6 Å². The van der Waals surface area contributed by atoms with Gasteiger partial charge in [0.1, 0.15) is 10.7 Å². The Morgan fingerprint density at radius 2 is 1.83 bits per heavy atom. The van der Waals surface area contributed by atoms with E-state index >= 15 is 0 Å². The minimum Gasteiger partial charge on any atom is -0.366 e. The molecule has 0 saturated heterocycles. The van der Waals surface area contributed by atoms with E-state index in [4.69, 9.17) is 23.1 Å². The second-order valence-corrected chi connectivity index (χ2v) is 6.77. The molecule has 0 aliphatic heterocycles. The minimum absolute atomic E-state index is 0.0142. The normalized spacial score (nSPS) is 10.3. The third-order valence-electron chi connectivity index (χ3n) is 4.27. The molecule has 2 aromatic carbocycles. The van der Waals surface area contributed by atoms with Gasteiger partial charge in [-0.3, -0.25) is 14.5 Å². The van der Waals surface area contributed by atoms with E-state index in [2.05, 4.69) is 21.9 Å². The van der Waals surface area contributed by atoms with Crippen molar-refractivity contribution in [3.63, 3.8) is 0 Å². The largest absolute Gasteiger partial charge is 0.366 e. The van der Waals surface area contributed by atoms with E-state index < -0.39 is 11.8 Å². The molecule has 0 saturated carbocycles. The van der Waals surface area contributed by atoms with Crippen LogP contribution in [0.25, 0.3) is 0 Å². The van der Waals surface area contributed by atoms with Gasteiger partial charge in [0.2, 0.25) is 11.9 Å². The van der Waals surface area contributed by atoms with E-state index in [9.17, 15) is 9.59 Å². The molecule has 0 spiro atoms. The number of primary amides is 2. The molecule has 3 rings (SSSR count). The maximum absolute atomic E-state index is 11.9. The van der Waals surface area contributed by atoms with Gasteiger partial charge in [-0.05, 0) is 36.8 Å². The number of aromatic nitrogens is 2. The molecule has 9 heteroatoms. The molecule has 3 aromatic rings. The number of nitrogens with two attached hydrogens (primary N) is 2. The molecule has 0 bridgehead atoms. The summed E-state index contributed by atoms with van der Waals surface area (Å²) >= 11 is 6.34. The Morgan fingerprint density at radius 1 is 1.13 bits per heavy atom. The Bertz CT molecular complexity index is 1130. The van der Waals surface area contributed by atoms with Crippen molar-refractivity contribution in [1.82, 2.24) is 9.97 Å². The van der Waals surface area contributed by atoms with Gasteiger partial charge >= 0.3 is 0 Å². The molecule has 0 aliphatic carbocycles. The first-order valence-electron chi connectivity index (χ1n) is 8.82. The molecule has 0 unspecified atom stereocenters. The van der Waals surface area contributed by atoms with Gasteiger partial charge in [0.05, 0.1) is 6.20 Å². The first-order chi connectivity index (χ1) is 14.3. The molecular weight excluding hydrogens is 404 g/mol. The summed E-state index contributed by atoms with van der Waals surface area (Å²) in [6.45, 7) is 5.62. The van der Waals surface area contributed by atoms with Crippen LogP contribution in [-0.4, -0.2) is 21.8 Å². The van der Waals surface area contributed by atoms with Gasteiger partial charge < -0.3 is 16.8 Å². The molecule has 30 heavy (non-hydrogen) atoms. The first kappa shape index (κ1) is 20.8. The summed E-state index contributed by atoms with van der Waals surface area (Å²) in [4.78, 5) is 33.4. The average Bonchev–Trinajstić information content (AvgIpc) is 2.72. The quantitative estimate of drug-likeness (QED) is 0.500. The minimum atomic E-state index is -0.729. The van der Waals surface area contributed by atoms with Crippen LogP contribution in [0.4, 0.5) is 23.1 Å². The Labute approximate surface area is 178 Å². The van der Waals surface area contributed by atoms with E-state index in [0.717, 1.165) is 5.56 Å². The number of halogens is 1. The lowest BCUT2D eigenvalue weighted by atomic mass is 10.1. The molecule has 8 nitrogen and oxygen atoms in total. The van der Waals surface area contributed by atoms with Gasteiger partial charge in [-0.1, -0.05) is 42.4 Å². The number of nitrogens with zero attached hydrogens (tertiary/aromatic N) is 3. The Balaban J connectivity index is 2.06. The van der Waals surface area contributed by atoms with E-state index in [1.165, 1.54) is 11.1 Å². The number of carbonyl (C=O) groups is 2. The number of rotatable bonds is 7. The summed E-state index contributed by atoms with van der Waals surface area (Å²) in [7, 11) is 0. The van der Waals surface area contributed by atoms with Crippen LogP contribution in [0.15, 0.2) is 67.0 Å². The number of hydrogen-bond acceptors (Lipinski definition) is 6. The Kier molecular flexibility index (Phi) is 5.98.